The van der Waals surface area contributed by atoms with Gasteiger partial charge in [-0.05, 0) is 19.2 Å². The van der Waals surface area contributed by atoms with Crippen molar-refractivity contribution < 1.29 is 14.3 Å². The molecule has 102 valence electrons. The topological polar surface area (TPSA) is 54.0 Å². The Morgan fingerprint density at radius 1 is 1.37 bits per heavy atom. The molecular formula is C13H17N3O3. The van der Waals surface area contributed by atoms with Gasteiger partial charge in [0, 0.05) is 31.9 Å². The fourth-order valence-corrected chi connectivity index (χ4v) is 2.46. The number of anilines is 1. The Balaban J connectivity index is 1.84. The highest BCUT2D eigenvalue weighted by Gasteiger charge is 2.35. The third-order valence-electron chi connectivity index (χ3n) is 3.58. The van der Waals surface area contributed by atoms with E-state index >= 15 is 0 Å². The molecule has 3 rings (SSSR count). The van der Waals surface area contributed by atoms with Crippen LogP contribution in [0, 0.1) is 0 Å². The number of benzene rings is 1. The van der Waals surface area contributed by atoms with E-state index in [2.05, 4.69) is 5.32 Å². The average Bonchev–Trinajstić information content (AvgIpc) is 2.98. The molecule has 2 amide bonds. The van der Waals surface area contributed by atoms with Crippen LogP contribution >= 0.6 is 0 Å². The molecule has 0 saturated carbocycles. The number of hydrogen-bond donors (Lipinski definition) is 1. The molecular weight excluding hydrogens is 246 g/mol. The molecule has 0 aliphatic carbocycles. The minimum atomic E-state index is 0.0131. The van der Waals surface area contributed by atoms with Crippen LogP contribution in [0.4, 0.5) is 10.5 Å². The van der Waals surface area contributed by atoms with Crippen LogP contribution in [0.1, 0.15) is 0 Å². The number of rotatable bonds is 3. The number of likely N-dealkylation sites (N-methyl/N-ethyl adjacent to an activating group) is 2. The van der Waals surface area contributed by atoms with Crippen molar-refractivity contribution in [2.45, 2.75) is 6.04 Å². The van der Waals surface area contributed by atoms with Crippen LogP contribution < -0.4 is 19.7 Å². The Labute approximate surface area is 111 Å². The van der Waals surface area contributed by atoms with Gasteiger partial charge in [-0.2, -0.15) is 0 Å². The van der Waals surface area contributed by atoms with E-state index in [-0.39, 0.29) is 18.9 Å². The van der Waals surface area contributed by atoms with E-state index in [1.54, 1.807) is 9.80 Å². The van der Waals surface area contributed by atoms with Crippen LogP contribution in [0.2, 0.25) is 0 Å². The summed E-state index contributed by atoms with van der Waals surface area (Å²) in [6, 6.07) is 5.79. The van der Waals surface area contributed by atoms with Crippen LogP contribution in [0.15, 0.2) is 18.2 Å². The van der Waals surface area contributed by atoms with Crippen molar-refractivity contribution in [3.05, 3.63) is 18.2 Å². The smallest absolute Gasteiger partial charge is 0.324 e. The number of nitrogens with zero attached hydrogens (tertiary/aromatic N) is 2. The average molecular weight is 263 g/mol. The summed E-state index contributed by atoms with van der Waals surface area (Å²) in [5.41, 5.74) is 0.847. The number of carbonyl (C=O) groups is 1. The lowest BCUT2D eigenvalue weighted by Gasteiger charge is -2.16. The van der Waals surface area contributed by atoms with E-state index in [0.717, 1.165) is 18.0 Å². The number of ether oxygens (including phenoxy) is 2. The summed E-state index contributed by atoms with van der Waals surface area (Å²) in [5.74, 6) is 1.43. The molecule has 1 unspecified atom stereocenters. The SMILES string of the molecule is CNCC1CN(c2ccc3c(c2)OCO3)C(=O)N1C. The molecule has 0 bridgehead atoms. The molecule has 19 heavy (non-hydrogen) atoms. The normalized spacial score (nSPS) is 21.4. The first kappa shape index (κ1) is 12.1. The molecule has 2 heterocycles. The number of urea groups is 1. The van der Waals surface area contributed by atoms with Crippen LogP contribution in [0.3, 0.4) is 0 Å². The number of amides is 2. The molecule has 0 radical (unpaired) electrons. The van der Waals surface area contributed by atoms with Crippen molar-refractivity contribution in [1.82, 2.24) is 10.2 Å². The van der Waals surface area contributed by atoms with Crippen LogP contribution in [-0.4, -0.2) is 51.0 Å². The molecule has 1 fully saturated rings. The van der Waals surface area contributed by atoms with Gasteiger partial charge >= 0.3 is 6.03 Å². The van der Waals surface area contributed by atoms with Gasteiger partial charge in [0.25, 0.3) is 0 Å². The van der Waals surface area contributed by atoms with Crippen molar-refractivity contribution in [1.29, 1.82) is 0 Å². The molecule has 2 aliphatic rings. The molecule has 1 aromatic rings. The fraction of sp³-hybridized carbons (Fsp3) is 0.462. The largest absolute Gasteiger partial charge is 0.454 e. The fourth-order valence-electron chi connectivity index (χ4n) is 2.46. The number of fused-ring (bicyclic) bond motifs is 1. The Morgan fingerprint density at radius 3 is 2.95 bits per heavy atom. The zero-order valence-corrected chi connectivity index (χ0v) is 11.0. The molecule has 6 heteroatoms. The Kier molecular flexibility index (Phi) is 2.94. The molecule has 1 aromatic carbocycles. The van der Waals surface area contributed by atoms with Crippen molar-refractivity contribution >= 4 is 11.7 Å². The summed E-state index contributed by atoms with van der Waals surface area (Å²) in [6.07, 6.45) is 0. The van der Waals surface area contributed by atoms with Gasteiger partial charge in [0.15, 0.2) is 11.5 Å². The first-order chi connectivity index (χ1) is 9.20. The molecule has 2 aliphatic heterocycles. The van der Waals surface area contributed by atoms with E-state index in [4.69, 9.17) is 9.47 Å². The maximum Gasteiger partial charge on any atom is 0.324 e. The van der Waals surface area contributed by atoms with Crippen LogP contribution in [0.5, 0.6) is 11.5 Å². The summed E-state index contributed by atoms with van der Waals surface area (Å²) in [7, 11) is 3.72. The Bertz CT molecular complexity index is 506. The number of nitrogens with one attached hydrogen (secondary N) is 1. The van der Waals surface area contributed by atoms with E-state index < -0.39 is 0 Å². The second-order valence-corrected chi connectivity index (χ2v) is 4.75. The van der Waals surface area contributed by atoms with E-state index in [1.165, 1.54) is 0 Å². The molecule has 0 aromatic heterocycles. The lowest BCUT2D eigenvalue weighted by Crippen LogP contribution is -2.37. The maximum atomic E-state index is 12.2. The molecule has 1 saturated heterocycles. The number of hydrogen-bond acceptors (Lipinski definition) is 4. The first-order valence-electron chi connectivity index (χ1n) is 6.29. The van der Waals surface area contributed by atoms with Gasteiger partial charge in [-0.1, -0.05) is 0 Å². The van der Waals surface area contributed by atoms with Gasteiger partial charge in [0.2, 0.25) is 6.79 Å². The lowest BCUT2D eigenvalue weighted by molar-refractivity contribution is 0.174. The van der Waals surface area contributed by atoms with E-state index in [0.29, 0.717) is 12.3 Å². The zero-order chi connectivity index (χ0) is 13.4. The Hall–Kier alpha value is -1.95. The highest BCUT2D eigenvalue weighted by Crippen LogP contribution is 2.36. The van der Waals surface area contributed by atoms with E-state index in [9.17, 15) is 4.79 Å². The summed E-state index contributed by atoms with van der Waals surface area (Å²) in [6.45, 7) is 1.70. The summed E-state index contributed by atoms with van der Waals surface area (Å²) in [5, 5.41) is 3.11. The highest BCUT2D eigenvalue weighted by molar-refractivity contribution is 5.94. The zero-order valence-electron chi connectivity index (χ0n) is 11.0. The first-order valence-corrected chi connectivity index (χ1v) is 6.29. The van der Waals surface area contributed by atoms with Crippen LogP contribution in [0.25, 0.3) is 0 Å². The molecule has 1 N–H and O–H groups in total. The van der Waals surface area contributed by atoms with Gasteiger partial charge < -0.3 is 19.7 Å². The lowest BCUT2D eigenvalue weighted by atomic mass is 10.2. The minimum absolute atomic E-state index is 0.0131. The summed E-state index contributed by atoms with van der Waals surface area (Å²) < 4.78 is 10.6. The summed E-state index contributed by atoms with van der Waals surface area (Å²) >= 11 is 0. The van der Waals surface area contributed by atoms with Gasteiger partial charge in [-0.25, -0.2) is 4.79 Å². The molecule has 0 spiro atoms. The summed E-state index contributed by atoms with van der Waals surface area (Å²) in [4.78, 5) is 15.8. The highest BCUT2D eigenvalue weighted by atomic mass is 16.7. The Morgan fingerprint density at radius 2 is 2.16 bits per heavy atom. The van der Waals surface area contributed by atoms with Gasteiger partial charge in [0.05, 0.1) is 6.04 Å². The number of carbonyl (C=O) groups excluding carboxylic acids is 1. The van der Waals surface area contributed by atoms with Gasteiger partial charge in [-0.15, -0.1) is 0 Å². The van der Waals surface area contributed by atoms with Crippen LogP contribution in [-0.2, 0) is 0 Å². The van der Waals surface area contributed by atoms with Crippen molar-refractivity contribution in [2.24, 2.45) is 0 Å². The van der Waals surface area contributed by atoms with Crippen molar-refractivity contribution in [2.75, 3.05) is 38.9 Å². The standard InChI is InChI=1S/C13H17N3O3/c1-14-6-10-7-16(13(17)15(10)2)9-3-4-11-12(5-9)19-8-18-11/h3-5,10,14H,6-8H2,1-2H3. The maximum absolute atomic E-state index is 12.2. The predicted octanol–water partition coefficient (Wildman–Crippen LogP) is 0.875. The third-order valence-corrected chi connectivity index (χ3v) is 3.58. The van der Waals surface area contributed by atoms with Crippen molar-refractivity contribution in [3.63, 3.8) is 0 Å². The molecule has 6 nitrogen and oxygen atoms in total. The quantitative estimate of drug-likeness (QED) is 0.879. The second-order valence-electron chi connectivity index (χ2n) is 4.75. The predicted molar refractivity (Wildman–Crippen MR) is 70.8 cm³/mol. The second kappa shape index (κ2) is 4.62. The minimum Gasteiger partial charge on any atom is -0.454 e. The molecule has 1 atom stereocenters. The monoisotopic (exact) mass is 263 g/mol. The third kappa shape index (κ3) is 1.98. The van der Waals surface area contributed by atoms with Crippen molar-refractivity contribution in [3.8, 4) is 11.5 Å². The van der Waals surface area contributed by atoms with Gasteiger partial charge in [-0.3, -0.25) is 4.90 Å². The van der Waals surface area contributed by atoms with Gasteiger partial charge in [0.1, 0.15) is 0 Å². The van der Waals surface area contributed by atoms with E-state index in [1.807, 2.05) is 32.3 Å².